The molecule has 6 nitrogen and oxygen atoms in total. The van der Waals surface area contributed by atoms with Crippen LogP contribution < -0.4 is 0 Å². The van der Waals surface area contributed by atoms with Crippen molar-refractivity contribution in [2.75, 3.05) is 0 Å². The summed E-state index contributed by atoms with van der Waals surface area (Å²) in [6, 6.07) is 0. The Morgan fingerprint density at radius 2 is 2.50 bits per heavy atom. The molecular weight excluding hydrogens is 184 g/mol. The van der Waals surface area contributed by atoms with E-state index in [1.165, 1.54) is 6.92 Å². The molecule has 1 N–H and O–H groups in total. The highest BCUT2D eigenvalue weighted by Gasteiger charge is 2.11. The number of aromatic amines is 1. The first-order valence-electron chi connectivity index (χ1n) is 4.07. The summed E-state index contributed by atoms with van der Waals surface area (Å²) in [4.78, 5) is 21.6. The van der Waals surface area contributed by atoms with Crippen molar-refractivity contribution in [3.05, 3.63) is 18.3 Å². The number of carbonyl (C=O) groups is 1. The first kappa shape index (κ1) is 8.61. The SMILES string of the molecule is CC(=O)Cc1nc(-c2ncc[nH]2)no1. The first-order valence-corrected chi connectivity index (χ1v) is 4.07. The smallest absolute Gasteiger partial charge is 0.238 e. The predicted molar refractivity (Wildman–Crippen MR) is 46.3 cm³/mol. The van der Waals surface area contributed by atoms with E-state index in [0.29, 0.717) is 17.5 Å². The third kappa shape index (κ3) is 1.68. The predicted octanol–water partition coefficient (Wildman–Crippen LogP) is 0.591. The third-order valence-electron chi connectivity index (χ3n) is 1.58. The Labute approximate surface area is 79.4 Å². The molecule has 0 aliphatic heterocycles. The van der Waals surface area contributed by atoms with Gasteiger partial charge in [-0.1, -0.05) is 5.16 Å². The second-order valence-electron chi connectivity index (χ2n) is 2.83. The van der Waals surface area contributed by atoms with Gasteiger partial charge in [0.2, 0.25) is 11.7 Å². The summed E-state index contributed by atoms with van der Waals surface area (Å²) in [7, 11) is 0. The van der Waals surface area contributed by atoms with Gasteiger partial charge in [-0.05, 0) is 6.92 Å². The standard InChI is InChI=1S/C8H8N4O2/c1-5(13)4-6-11-8(12-14-6)7-9-2-3-10-7/h2-3H,4H2,1H3,(H,9,10). The Kier molecular flexibility index (Phi) is 2.10. The van der Waals surface area contributed by atoms with Gasteiger partial charge in [-0.3, -0.25) is 4.79 Å². The van der Waals surface area contributed by atoms with Gasteiger partial charge in [-0.15, -0.1) is 0 Å². The summed E-state index contributed by atoms with van der Waals surface area (Å²) in [5.41, 5.74) is 0. The van der Waals surface area contributed by atoms with Crippen LogP contribution in [0.25, 0.3) is 11.6 Å². The zero-order valence-electron chi connectivity index (χ0n) is 7.52. The number of Topliss-reactive ketones (excluding diaryl/α,β-unsaturated/α-hetero) is 1. The maximum atomic E-state index is 10.8. The molecule has 0 radical (unpaired) electrons. The molecule has 2 aromatic rings. The molecule has 2 aromatic heterocycles. The number of ketones is 1. The lowest BCUT2D eigenvalue weighted by molar-refractivity contribution is -0.116. The van der Waals surface area contributed by atoms with Gasteiger partial charge in [0, 0.05) is 12.4 Å². The summed E-state index contributed by atoms with van der Waals surface area (Å²) >= 11 is 0. The molecule has 0 aliphatic rings. The Balaban J connectivity index is 2.22. The third-order valence-corrected chi connectivity index (χ3v) is 1.58. The largest absolute Gasteiger partial charge is 0.342 e. The van der Waals surface area contributed by atoms with Crippen LogP contribution in [0.2, 0.25) is 0 Å². The van der Waals surface area contributed by atoms with Gasteiger partial charge in [-0.25, -0.2) is 4.98 Å². The molecule has 72 valence electrons. The van der Waals surface area contributed by atoms with E-state index in [1.807, 2.05) is 0 Å². The monoisotopic (exact) mass is 192 g/mol. The summed E-state index contributed by atoms with van der Waals surface area (Å²) in [6.07, 6.45) is 3.42. The molecule has 0 atom stereocenters. The molecule has 0 unspecified atom stereocenters. The number of imidazole rings is 1. The molecule has 6 heteroatoms. The summed E-state index contributed by atoms with van der Waals surface area (Å²) in [5.74, 6) is 1.19. The Hall–Kier alpha value is -1.98. The van der Waals surface area contributed by atoms with Crippen molar-refractivity contribution in [2.45, 2.75) is 13.3 Å². The van der Waals surface area contributed by atoms with Crippen LogP contribution in [0.4, 0.5) is 0 Å². The number of H-pyrrole nitrogens is 1. The highest BCUT2D eigenvalue weighted by atomic mass is 16.5. The molecule has 2 heterocycles. The van der Waals surface area contributed by atoms with Gasteiger partial charge in [0.05, 0.1) is 6.42 Å². The van der Waals surface area contributed by atoms with Crippen molar-refractivity contribution in [2.24, 2.45) is 0 Å². The Morgan fingerprint density at radius 3 is 3.14 bits per heavy atom. The molecular formula is C8H8N4O2. The van der Waals surface area contributed by atoms with E-state index in [0.717, 1.165) is 0 Å². The minimum atomic E-state index is -0.0142. The lowest BCUT2D eigenvalue weighted by Crippen LogP contribution is -1.96. The highest BCUT2D eigenvalue weighted by Crippen LogP contribution is 2.09. The van der Waals surface area contributed by atoms with Crippen LogP contribution in [0, 0.1) is 0 Å². The highest BCUT2D eigenvalue weighted by molar-refractivity contribution is 5.77. The van der Waals surface area contributed by atoms with Crippen LogP contribution in [-0.2, 0) is 11.2 Å². The van der Waals surface area contributed by atoms with E-state index in [-0.39, 0.29) is 12.2 Å². The van der Waals surface area contributed by atoms with Crippen LogP contribution >= 0.6 is 0 Å². The van der Waals surface area contributed by atoms with Crippen LogP contribution in [-0.4, -0.2) is 25.9 Å². The van der Waals surface area contributed by atoms with Gasteiger partial charge in [0.15, 0.2) is 5.82 Å². The van der Waals surface area contributed by atoms with E-state index >= 15 is 0 Å². The quantitative estimate of drug-likeness (QED) is 0.769. The number of nitrogens with zero attached hydrogens (tertiary/aromatic N) is 3. The van der Waals surface area contributed by atoms with E-state index in [9.17, 15) is 4.79 Å². The molecule has 0 amide bonds. The maximum Gasteiger partial charge on any atom is 0.238 e. The lowest BCUT2D eigenvalue weighted by atomic mass is 10.3. The fourth-order valence-electron chi connectivity index (χ4n) is 1.02. The van der Waals surface area contributed by atoms with Crippen molar-refractivity contribution in [1.29, 1.82) is 0 Å². The van der Waals surface area contributed by atoms with Crippen LogP contribution in [0.15, 0.2) is 16.9 Å². The minimum absolute atomic E-state index is 0.0142. The van der Waals surface area contributed by atoms with Crippen molar-refractivity contribution in [1.82, 2.24) is 20.1 Å². The minimum Gasteiger partial charge on any atom is -0.342 e. The topological polar surface area (TPSA) is 84.7 Å². The Morgan fingerprint density at radius 1 is 1.64 bits per heavy atom. The fraction of sp³-hybridized carbons (Fsp3) is 0.250. The second-order valence-corrected chi connectivity index (χ2v) is 2.83. The Bertz CT molecular complexity index is 432. The van der Waals surface area contributed by atoms with Gasteiger partial charge < -0.3 is 9.51 Å². The zero-order valence-corrected chi connectivity index (χ0v) is 7.52. The summed E-state index contributed by atoms with van der Waals surface area (Å²) in [5, 5.41) is 3.68. The molecule has 14 heavy (non-hydrogen) atoms. The molecule has 0 aliphatic carbocycles. The van der Waals surface area contributed by atoms with E-state index in [4.69, 9.17) is 4.52 Å². The van der Waals surface area contributed by atoms with E-state index in [1.54, 1.807) is 12.4 Å². The van der Waals surface area contributed by atoms with Crippen LogP contribution in [0.3, 0.4) is 0 Å². The molecule has 0 bridgehead atoms. The number of aromatic nitrogens is 4. The number of carbonyl (C=O) groups excluding carboxylic acids is 1. The number of hydrogen-bond acceptors (Lipinski definition) is 5. The van der Waals surface area contributed by atoms with Gasteiger partial charge >= 0.3 is 0 Å². The van der Waals surface area contributed by atoms with Crippen LogP contribution in [0.1, 0.15) is 12.8 Å². The molecule has 0 saturated carbocycles. The average molecular weight is 192 g/mol. The van der Waals surface area contributed by atoms with Gasteiger partial charge in [-0.2, -0.15) is 4.98 Å². The number of nitrogens with one attached hydrogen (secondary N) is 1. The van der Waals surface area contributed by atoms with Gasteiger partial charge in [0.25, 0.3) is 0 Å². The molecule has 2 rings (SSSR count). The average Bonchev–Trinajstić information content (AvgIpc) is 2.69. The van der Waals surface area contributed by atoms with Crippen molar-refractivity contribution < 1.29 is 9.32 Å². The first-order chi connectivity index (χ1) is 6.75. The number of hydrogen-bond donors (Lipinski definition) is 1. The van der Waals surface area contributed by atoms with Crippen molar-refractivity contribution in [3.8, 4) is 11.6 Å². The summed E-state index contributed by atoms with van der Waals surface area (Å²) in [6.45, 7) is 1.47. The van der Waals surface area contributed by atoms with Crippen LogP contribution in [0.5, 0.6) is 0 Å². The molecule has 0 aromatic carbocycles. The zero-order chi connectivity index (χ0) is 9.97. The maximum absolute atomic E-state index is 10.8. The second kappa shape index (κ2) is 3.41. The lowest BCUT2D eigenvalue weighted by Gasteiger charge is -1.84. The molecule has 0 fully saturated rings. The van der Waals surface area contributed by atoms with Crippen molar-refractivity contribution in [3.63, 3.8) is 0 Å². The summed E-state index contributed by atoms with van der Waals surface area (Å²) < 4.78 is 4.86. The van der Waals surface area contributed by atoms with Crippen molar-refractivity contribution >= 4 is 5.78 Å². The van der Waals surface area contributed by atoms with E-state index < -0.39 is 0 Å². The molecule has 0 spiro atoms. The van der Waals surface area contributed by atoms with E-state index in [2.05, 4.69) is 20.1 Å². The normalized spacial score (nSPS) is 10.4. The number of rotatable bonds is 3. The fourth-order valence-corrected chi connectivity index (χ4v) is 1.02. The molecule has 0 saturated heterocycles. The van der Waals surface area contributed by atoms with Gasteiger partial charge in [0.1, 0.15) is 5.78 Å².